The first-order valence-corrected chi connectivity index (χ1v) is 8.24. The number of alkyl halides is 1. The minimum atomic E-state index is 0.629. The maximum Gasteiger partial charge on any atom is 0.0739 e. The van der Waals surface area contributed by atoms with E-state index in [2.05, 4.69) is 48.9 Å². The Balaban J connectivity index is 2.08. The highest BCUT2D eigenvalue weighted by molar-refractivity contribution is 9.10. The van der Waals surface area contributed by atoms with Gasteiger partial charge in [0.2, 0.25) is 0 Å². The summed E-state index contributed by atoms with van der Waals surface area (Å²) in [5.74, 6) is 0. The molecular weight excluding hydrogens is 358 g/mol. The predicted octanol–water partition coefficient (Wildman–Crippen LogP) is 3.63. The molecule has 3 nitrogen and oxygen atoms in total. The molecule has 0 bridgehead atoms. The molecule has 5 heteroatoms. The van der Waals surface area contributed by atoms with Crippen LogP contribution >= 0.6 is 31.9 Å². The molecule has 0 spiro atoms. The van der Waals surface area contributed by atoms with Crippen LogP contribution in [0.3, 0.4) is 0 Å². The van der Waals surface area contributed by atoms with Gasteiger partial charge in [0, 0.05) is 24.5 Å². The van der Waals surface area contributed by atoms with E-state index in [4.69, 9.17) is 0 Å². The third-order valence-electron chi connectivity index (χ3n) is 3.87. The Bertz CT molecular complexity index is 417. The van der Waals surface area contributed by atoms with Gasteiger partial charge in [-0.1, -0.05) is 28.8 Å². The fraction of sp³-hybridized carbons (Fsp3) is 0.769. The summed E-state index contributed by atoms with van der Waals surface area (Å²) in [6.07, 6.45) is 5.29. The highest BCUT2D eigenvalue weighted by atomic mass is 79.9. The van der Waals surface area contributed by atoms with Gasteiger partial charge in [-0.3, -0.25) is 9.58 Å². The standard InChI is InChI=1S/C13H21Br2N3/c1-9-13(15)12(18(3)16-9)8-17(2)11-7-5-4-6-10(11)14/h10-11H,4-8H2,1-3H3. The van der Waals surface area contributed by atoms with Gasteiger partial charge < -0.3 is 0 Å². The maximum atomic E-state index is 4.46. The van der Waals surface area contributed by atoms with Gasteiger partial charge in [-0.25, -0.2) is 0 Å². The van der Waals surface area contributed by atoms with Crippen LogP contribution < -0.4 is 0 Å². The van der Waals surface area contributed by atoms with Crippen LogP contribution in [0.5, 0.6) is 0 Å². The van der Waals surface area contributed by atoms with Crippen molar-refractivity contribution in [1.29, 1.82) is 0 Å². The van der Waals surface area contributed by atoms with Crippen molar-refractivity contribution >= 4 is 31.9 Å². The molecule has 1 fully saturated rings. The molecule has 2 atom stereocenters. The minimum Gasteiger partial charge on any atom is -0.296 e. The van der Waals surface area contributed by atoms with Gasteiger partial charge >= 0.3 is 0 Å². The first-order chi connectivity index (χ1) is 8.50. The molecule has 2 rings (SSSR count). The summed E-state index contributed by atoms with van der Waals surface area (Å²) in [5, 5.41) is 4.46. The van der Waals surface area contributed by atoms with Gasteiger partial charge in [0.05, 0.1) is 15.9 Å². The first-order valence-electron chi connectivity index (χ1n) is 6.53. The zero-order valence-corrected chi connectivity index (χ0v) is 14.5. The Kier molecular flexibility index (Phi) is 4.89. The van der Waals surface area contributed by atoms with E-state index in [1.807, 2.05) is 18.7 Å². The Hall–Kier alpha value is 0.130. The molecule has 1 aliphatic carbocycles. The lowest BCUT2D eigenvalue weighted by Gasteiger charge is -2.35. The molecule has 0 radical (unpaired) electrons. The summed E-state index contributed by atoms with van der Waals surface area (Å²) >= 11 is 7.48. The predicted molar refractivity (Wildman–Crippen MR) is 82.1 cm³/mol. The SMILES string of the molecule is Cc1nn(C)c(CN(C)C2CCCCC2Br)c1Br. The molecular formula is C13H21Br2N3. The summed E-state index contributed by atoms with van der Waals surface area (Å²) in [4.78, 5) is 3.09. The highest BCUT2D eigenvalue weighted by Crippen LogP contribution is 2.30. The van der Waals surface area contributed by atoms with E-state index in [9.17, 15) is 0 Å². The van der Waals surface area contributed by atoms with Gasteiger partial charge in [-0.05, 0) is 42.7 Å². The van der Waals surface area contributed by atoms with Crippen LogP contribution in [0.1, 0.15) is 37.1 Å². The van der Waals surface area contributed by atoms with E-state index in [1.165, 1.54) is 31.4 Å². The zero-order chi connectivity index (χ0) is 13.3. The van der Waals surface area contributed by atoms with E-state index in [0.29, 0.717) is 10.9 Å². The molecule has 1 aliphatic rings. The van der Waals surface area contributed by atoms with E-state index in [0.717, 1.165) is 16.7 Å². The van der Waals surface area contributed by atoms with E-state index in [1.54, 1.807) is 0 Å². The Morgan fingerprint density at radius 2 is 2.06 bits per heavy atom. The molecule has 1 aromatic rings. The van der Waals surface area contributed by atoms with Crippen LogP contribution in [0.2, 0.25) is 0 Å². The van der Waals surface area contributed by atoms with E-state index in [-0.39, 0.29) is 0 Å². The highest BCUT2D eigenvalue weighted by Gasteiger charge is 2.27. The molecule has 1 heterocycles. The topological polar surface area (TPSA) is 21.1 Å². The van der Waals surface area contributed by atoms with Crippen molar-refractivity contribution in [2.24, 2.45) is 7.05 Å². The fourth-order valence-corrected chi connectivity index (χ4v) is 4.22. The number of halogens is 2. The summed E-state index contributed by atoms with van der Waals surface area (Å²) in [7, 11) is 4.24. The van der Waals surface area contributed by atoms with Crippen molar-refractivity contribution in [3.05, 3.63) is 15.9 Å². The lowest BCUT2D eigenvalue weighted by Crippen LogP contribution is -2.40. The second kappa shape index (κ2) is 6.06. The molecule has 1 aromatic heterocycles. The summed E-state index contributed by atoms with van der Waals surface area (Å²) < 4.78 is 3.14. The average molecular weight is 379 g/mol. The Morgan fingerprint density at radius 1 is 1.39 bits per heavy atom. The smallest absolute Gasteiger partial charge is 0.0739 e. The summed E-state index contributed by atoms with van der Waals surface area (Å²) in [5.41, 5.74) is 2.33. The second-order valence-corrected chi connectivity index (χ2v) is 7.22. The lowest BCUT2D eigenvalue weighted by molar-refractivity contribution is 0.188. The average Bonchev–Trinajstić information content (AvgIpc) is 2.56. The van der Waals surface area contributed by atoms with Crippen molar-refractivity contribution < 1.29 is 0 Å². The molecule has 0 saturated heterocycles. The van der Waals surface area contributed by atoms with Gasteiger partial charge in [-0.15, -0.1) is 0 Å². The van der Waals surface area contributed by atoms with Crippen LogP contribution in [0.25, 0.3) is 0 Å². The molecule has 0 N–H and O–H groups in total. The van der Waals surface area contributed by atoms with Crippen molar-refractivity contribution in [2.45, 2.75) is 50.0 Å². The first kappa shape index (κ1) is 14.5. The van der Waals surface area contributed by atoms with E-state index < -0.39 is 0 Å². The van der Waals surface area contributed by atoms with Gasteiger partial charge in [0.1, 0.15) is 0 Å². The number of aromatic nitrogens is 2. The summed E-state index contributed by atoms with van der Waals surface area (Å²) in [6.45, 7) is 2.99. The van der Waals surface area contributed by atoms with Crippen molar-refractivity contribution in [2.75, 3.05) is 7.05 Å². The number of hydrogen-bond acceptors (Lipinski definition) is 2. The third kappa shape index (κ3) is 2.99. The molecule has 18 heavy (non-hydrogen) atoms. The lowest BCUT2D eigenvalue weighted by atomic mass is 9.94. The zero-order valence-electron chi connectivity index (χ0n) is 11.3. The van der Waals surface area contributed by atoms with Crippen LogP contribution in [-0.4, -0.2) is 32.6 Å². The van der Waals surface area contributed by atoms with Crippen molar-refractivity contribution in [3.8, 4) is 0 Å². The Morgan fingerprint density at radius 3 is 2.61 bits per heavy atom. The second-order valence-electron chi connectivity index (χ2n) is 5.25. The van der Waals surface area contributed by atoms with E-state index >= 15 is 0 Å². The molecule has 0 amide bonds. The third-order valence-corrected chi connectivity index (χ3v) is 5.97. The molecule has 0 aromatic carbocycles. The van der Waals surface area contributed by atoms with Gasteiger partial charge in [0.25, 0.3) is 0 Å². The van der Waals surface area contributed by atoms with Crippen LogP contribution in [0.15, 0.2) is 4.47 Å². The minimum absolute atomic E-state index is 0.629. The molecule has 0 aliphatic heterocycles. The molecule has 102 valence electrons. The number of nitrogens with zero attached hydrogens (tertiary/aromatic N) is 3. The van der Waals surface area contributed by atoms with Crippen LogP contribution in [0.4, 0.5) is 0 Å². The normalized spacial score (nSPS) is 24.8. The van der Waals surface area contributed by atoms with Crippen molar-refractivity contribution in [1.82, 2.24) is 14.7 Å². The van der Waals surface area contributed by atoms with Gasteiger partial charge in [-0.2, -0.15) is 5.10 Å². The van der Waals surface area contributed by atoms with Crippen molar-refractivity contribution in [3.63, 3.8) is 0 Å². The number of rotatable bonds is 3. The summed E-state index contributed by atoms with van der Waals surface area (Å²) in [6, 6.07) is 0.640. The molecule has 2 unspecified atom stereocenters. The maximum absolute atomic E-state index is 4.46. The molecule has 1 saturated carbocycles. The fourth-order valence-electron chi connectivity index (χ4n) is 2.77. The van der Waals surface area contributed by atoms with Gasteiger partial charge in [0.15, 0.2) is 0 Å². The van der Waals surface area contributed by atoms with Crippen LogP contribution in [-0.2, 0) is 13.6 Å². The number of aryl methyl sites for hydroxylation is 2. The largest absolute Gasteiger partial charge is 0.296 e. The quantitative estimate of drug-likeness (QED) is 0.749. The number of hydrogen-bond donors (Lipinski definition) is 0. The monoisotopic (exact) mass is 377 g/mol. The Labute approximate surface area is 126 Å². The van der Waals surface area contributed by atoms with Crippen LogP contribution in [0, 0.1) is 6.92 Å².